The predicted molar refractivity (Wildman–Crippen MR) is 247 cm³/mol. The van der Waals surface area contributed by atoms with E-state index in [1.165, 1.54) is 75.3 Å². The maximum atomic E-state index is 9.88. The molecule has 4 aromatic heterocycles. The van der Waals surface area contributed by atoms with Gasteiger partial charge in [0.25, 0.3) is 0 Å². The Labute approximate surface area is 396 Å². The molecule has 325 valence electrons. The van der Waals surface area contributed by atoms with E-state index in [9.17, 15) is 10.5 Å². The van der Waals surface area contributed by atoms with Gasteiger partial charge >= 0.3 is 0 Å². The Balaban J connectivity index is 0.000000309. The minimum absolute atomic E-state index is 0. The summed E-state index contributed by atoms with van der Waals surface area (Å²) < 4.78 is 3.85. The van der Waals surface area contributed by atoms with Crippen LogP contribution >= 0.6 is 0 Å². The van der Waals surface area contributed by atoms with E-state index in [1.54, 1.807) is 30.5 Å². The van der Waals surface area contributed by atoms with Crippen molar-refractivity contribution in [3.63, 3.8) is 0 Å². The number of fused-ring (bicyclic) bond motifs is 1. The monoisotopic (exact) mass is 1030 g/mol. The molecule has 0 amide bonds. The molecule has 0 unspecified atom stereocenters. The second-order valence-corrected chi connectivity index (χ2v) is 16.8. The van der Waals surface area contributed by atoms with Crippen LogP contribution in [0.25, 0.3) is 49.1 Å². The number of hydrogen-bond donors (Lipinski definition) is 0. The van der Waals surface area contributed by atoms with E-state index in [0.29, 0.717) is 45.5 Å². The Bertz CT molecular complexity index is 2790. The number of nitriles is 2. The smallest absolute Gasteiger partial charge is 0.243 e. The van der Waals surface area contributed by atoms with Gasteiger partial charge < -0.3 is 19.1 Å². The molecule has 2 aliphatic carbocycles. The molecule has 9 nitrogen and oxygen atoms in total. The summed E-state index contributed by atoms with van der Waals surface area (Å²) in [5.41, 5.74) is 12.1. The van der Waals surface area contributed by atoms with E-state index in [-0.39, 0.29) is 20.1 Å². The van der Waals surface area contributed by atoms with Crippen LogP contribution in [0.3, 0.4) is 0 Å². The van der Waals surface area contributed by atoms with Crippen molar-refractivity contribution in [3.05, 3.63) is 172 Å². The fourth-order valence-electron chi connectivity index (χ4n) is 9.15. The number of para-hydroxylation sites is 1. The van der Waals surface area contributed by atoms with E-state index in [0.717, 1.165) is 65.3 Å². The third kappa shape index (κ3) is 11.1. The minimum atomic E-state index is 0. The molecule has 0 aliphatic heterocycles. The van der Waals surface area contributed by atoms with Crippen molar-refractivity contribution < 1.29 is 24.7 Å². The Hall–Kier alpha value is -6.81. The van der Waals surface area contributed by atoms with Crippen molar-refractivity contribution in [1.82, 2.24) is 19.5 Å². The number of unbranched alkanes of at least 4 members (excludes halogenated alkanes) is 1. The molecular formula is C55H48IrN9-3. The summed E-state index contributed by atoms with van der Waals surface area (Å²) >= 11 is 0. The van der Waals surface area contributed by atoms with Crippen LogP contribution in [0.1, 0.15) is 123 Å². The van der Waals surface area contributed by atoms with Gasteiger partial charge in [-0.05, 0) is 104 Å². The van der Waals surface area contributed by atoms with Crippen LogP contribution in [0.15, 0.2) is 91.1 Å². The van der Waals surface area contributed by atoms with Crippen molar-refractivity contribution in [3.8, 4) is 40.3 Å². The van der Waals surface area contributed by atoms with Gasteiger partial charge in [-0.15, -0.1) is 23.8 Å². The average Bonchev–Trinajstić information content (AvgIpc) is 3.71. The van der Waals surface area contributed by atoms with Gasteiger partial charge in [-0.2, -0.15) is 35.2 Å². The molecule has 65 heavy (non-hydrogen) atoms. The molecule has 2 fully saturated rings. The summed E-state index contributed by atoms with van der Waals surface area (Å²) in [7, 11) is 1.96. The van der Waals surface area contributed by atoms with Gasteiger partial charge in [0.15, 0.2) is 5.69 Å². The molecular weight excluding hydrogens is 979 g/mol. The first-order chi connectivity index (χ1) is 31.4. The third-order valence-corrected chi connectivity index (χ3v) is 12.5. The van der Waals surface area contributed by atoms with Gasteiger partial charge in [0.2, 0.25) is 12.0 Å². The maximum Gasteiger partial charge on any atom is 0.243 e. The summed E-state index contributed by atoms with van der Waals surface area (Å²) in [4.78, 5) is 21.6. The first kappa shape index (κ1) is 46.2. The largest absolute Gasteiger partial charge is 0.326 e. The van der Waals surface area contributed by atoms with Crippen molar-refractivity contribution in [1.29, 1.82) is 10.5 Å². The molecule has 10 heteroatoms. The second-order valence-electron chi connectivity index (χ2n) is 16.8. The molecule has 7 aromatic rings. The third-order valence-electron chi connectivity index (χ3n) is 12.5. The summed E-state index contributed by atoms with van der Waals surface area (Å²) in [5, 5.41) is 19.2. The zero-order chi connectivity index (χ0) is 44.3. The van der Waals surface area contributed by atoms with Gasteiger partial charge in [-0.1, -0.05) is 97.3 Å². The summed E-state index contributed by atoms with van der Waals surface area (Å²) in [6.45, 7) is 15.1. The van der Waals surface area contributed by atoms with Gasteiger partial charge in [0.1, 0.15) is 12.2 Å². The molecule has 3 aromatic carbocycles. The number of hydrogen-bond acceptors (Lipinski definition) is 5. The molecule has 0 saturated heterocycles. The number of pyridine rings is 3. The molecule has 0 bridgehead atoms. The number of nitrogens with zero attached hydrogens (tertiary/aromatic N) is 9. The zero-order valence-corrected chi connectivity index (χ0v) is 39.0. The molecule has 0 atom stereocenters. The van der Waals surface area contributed by atoms with Crippen molar-refractivity contribution >= 4 is 22.5 Å². The van der Waals surface area contributed by atoms with Crippen LogP contribution in [0.4, 0.5) is 11.4 Å². The number of rotatable bonds is 10. The first-order valence-corrected chi connectivity index (χ1v) is 22.4. The number of aryl methyl sites for hydroxylation is 3. The molecule has 2 aliphatic rings. The van der Waals surface area contributed by atoms with Gasteiger partial charge in [-0.25, -0.2) is 15.4 Å². The fraction of sp³-hybridized carbons (Fsp3) is 0.309. The molecule has 4 heterocycles. The molecule has 2 saturated carbocycles. The van der Waals surface area contributed by atoms with Crippen LogP contribution in [0, 0.1) is 60.3 Å². The maximum absolute atomic E-state index is 9.88. The quantitative estimate of drug-likeness (QED) is 0.0771. The summed E-state index contributed by atoms with van der Waals surface area (Å²) in [6, 6.07) is 41.1. The fourth-order valence-corrected chi connectivity index (χ4v) is 9.15. The topological polar surface area (TPSA) is 104 Å². The average molecular weight is 1030 g/mol. The van der Waals surface area contributed by atoms with Gasteiger partial charge in [0, 0.05) is 49.8 Å². The van der Waals surface area contributed by atoms with Crippen LogP contribution < -0.4 is 4.57 Å². The van der Waals surface area contributed by atoms with Crippen LogP contribution in [-0.4, -0.2) is 19.5 Å². The SMILES string of the molecule is C[n+]1[c-]n(-c2[c-]cccc2)c2ncccc21.[C-]#[N+]c1c[c-]c(-c2cc(C3CCCCC3)cc(CCCCc3cc(C4CCCCC4)cc(-c4[c-]cc(C#N)cc4[N+]#[C-])n3)n2)c(C#N)c1.[Ir]. The van der Waals surface area contributed by atoms with Crippen molar-refractivity contribution in [2.75, 3.05) is 0 Å². The van der Waals surface area contributed by atoms with Crippen LogP contribution in [0.5, 0.6) is 0 Å². The van der Waals surface area contributed by atoms with Gasteiger partial charge in [0.05, 0.1) is 19.1 Å². The minimum Gasteiger partial charge on any atom is -0.326 e. The number of aromatic nitrogens is 5. The second kappa shape index (κ2) is 22.2. The summed E-state index contributed by atoms with van der Waals surface area (Å²) in [5.74, 6) is 0.995. The predicted octanol–water partition coefficient (Wildman–Crippen LogP) is 12.4. The van der Waals surface area contributed by atoms with Gasteiger partial charge in [-0.3, -0.25) is 4.98 Å². The van der Waals surface area contributed by atoms with E-state index in [2.05, 4.69) is 75.6 Å². The van der Waals surface area contributed by atoms with E-state index < -0.39 is 0 Å². The summed E-state index contributed by atoms with van der Waals surface area (Å²) in [6.07, 6.45) is 20.7. The number of benzene rings is 3. The normalized spacial score (nSPS) is 13.9. The number of imidazole rings is 1. The van der Waals surface area contributed by atoms with Crippen LogP contribution in [0.2, 0.25) is 0 Å². The van der Waals surface area contributed by atoms with E-state index >= 15 is 0 Å². The van der Waals surface area contributed by atoms with Crippen molar-refractivity contribution in [2.45, 2.75) is 102 Å². The Kier molecular flexibility index (Phi) is 15.8. The van der Waals surface area contributed by atoms with Crippen molar-refractivity contribution in [2.24, 2.45) is 7.05 Å². The Morgan fingerprint density at radius 1 is 0.738 bits per heavy atom. The standard InChI is InChI=1S/C42H38N6.C13H10N3.Ir/c1-45-35-18-20-38(34(24-35)28-44)41-25-32(30-11-5-3-6-12-30)22-36(47-41)15-9-10-16-37-23-33(31-13-7-4-8-14-31)26-42(48-37)39-19-17-29(27-43)21-40(39)46-2;1-15-10-16(11-6-3-2-4-7-11)13-12(15)8-5-9-14-13;/h17-18,21-26,30-31H,3-16H2;2-6,8-9H,1H3;/q-2;-1;. The molecule has 0 N–H and O–H groups in total. The first-order valence-electron chi connectivity index (χ1n) is 22.4. The molecule has 9 rings (SSSR count). The van der Waals surface area contributed by atoms with Crippen LogP contribution in [-0.2, 0) is 40.0 Å². The van der Waals surface area contributed by atoms with E-state index in [4.69, 9.17) is 23.1 Å². The Morgan fingerprint density at radius 3 is 1.97 bits per heavy atom. The Morgan fingerprint density at radius 2 is 1.38 bits per heavy atom. The zero-order valence-electron chi connectivity index (χ0n) is 36.6. The van der Waals surface area contributed by atoms with E-state index in [1.807, 2.05) is 52.6 Å². The molecule has 0 spiro atoms. The molecule has 1 radical (unpaired) electrons.